The molecule has 2 unspecified atom stereocenters. The van der Waals surface area contributed by atoms with E-state index in [-0.39, 0.29) is 0 Å². The largest absolute Gasteiger partial charge is 0.382 e. The first-order chi connectivity index (χ1) is 9.19. The molecule has 1 fully saturated rings. The Kier molecular flexibility index (Phi) is 5.30. The van der Waals surface area contributed by atoms with Gasteiger partial charge in [0, 0.05) is 11.7 Å². The second-order valence-corrected chi connectivity index (χ2v) is 6.40. The molecule has 0 spiro atoms. The summed E-state index contributed by atoms with van der Waals surface area (Å²) in [5, 5.41) is 3.73. The maximum atomic E-state index is 3.73. The Morgan fingerprint density at radius 3 is 2.42 bits per heavy atom. The van der Waals surface area contributed by atoms with Crippen LogP contribution < -0.4 is 5.32 Å². The van der Waals surface area contributed by atoms with Gasteiger partial charge in [-0.1, -0.05) is 52.2 Å². The lowest BCUT2D eigenvalue weighted by Crippen LogP contribution is -2.18. The third-order valence-corrected chi connectivity index (χ3v) is 4.61. The predicted molar refractivity (Wildman–Crippen MR) is 84.8 cm³/mol. The third-order valence-electron chi connectivity index (χ3n) is 4.61. The van der Waals surface area contributed by atoms with E-state index in [4.69, 9.17) is 0 Å². The van der Waals surface area contributed by atoms with Crippen molar-refractivity contribution in [2.45, 2.75) is 71.3 Å². The Morgan fingerprint density at radius 2 is 1.79 bits per heavy atom. The van der Waals surface area contributed by atoms with Crippen LogP contribution in [0.5, 0.6) is 0 Å². The van der Waals surface area contributed by atoms with E-state index in [2.05, 4.69) is 50.4 Å². The Hall–Kier alpha value is -0.980. The molecule has 19 heavy (non-hydrogen) atoms. The van der Waals surface area contributed by atoms with Crippen molar-refractivity contribution in [2.24, 2.45) is 5.92 Å². The molecule has 1 N–H and O–H groups in total. The molecule has 1 nitrogen and oxygen atoms in total. The van der Waals surface area contributed by atoms with Crippen molar-refractivity contribution >= 4 is 5.69 Å². The first-order valence-corrected chi connectivity index (χ1v) is 8.05. The molecule has 0 saturated heterocycles. The van der Waals surface area contributed by atoms with E-state index in [0.717, 1.165) is 5.92 Å². The Labute approximate surface area is 118 Å². The highest BCUT2D eigenvalue weighted by Gasteiger charge is 2.17. The van der Waals surface area contributed by atoms with Gasteiger partial charge < -0.3 is 5.32 Å². The number of rotatable bonds is 4. The van der Waals surface area contributed by atoms with Crippen molar-refractivity contribution in [3.05, 3.63) is 29.8 Å². The van der Waals surface area contributed by atoms with Gasteiger partial charge in [0.05, 0.1) is 0 Å². The normalized spacial score (nSPS) is 24.2. The van der Waals surface area contributed by atoms with Gasteiger partial charge in [-0.3, -0.25) is 0 Å². The fourth-order valence-corrected chi connectivity index (χ4v) is 3.13. The van der Waals surface area contributed by atoms with E-state index < -0.39 is 0 Å². The summed E-state index contributed by atoms with van der Waals surface area (Å²) in [6.45, 7) is 6.83. The second kappa shape index (κ2) is 6.98. The molecular weight excluding hydrogens is 230 g/mol. The molecule has 0 amide bonds. The average Bonchev–Trinajstić information content (AvgIpc) is 2.64. The van der Waals surface area contributed by atoms with Crippen molar-refractivity contribution in [1.82, 2.24) is 0 Å². The number of hydrogen-bond donors (Lipinski definition) is 1. The Bertz CT molecular complexity index is 366. The summed E-state index contributed by atoms with van der Waals surface area (Å²) < 4.78 is 0. The van der Waals surface area contributed by atoms with Crippen LogP contribution in [0.3, 0.4) is 0 Å². The SMILES string of the molecule is CCC1CCCC(Nc2ccc(C(C)C)cc2)CC1. The third kappa shape index (κ3) is 4.26. The molecule has 106 valence electrons. The first kappa shape index (κ1) is 14.4. The number of anilines is 1. The summed E-state index contributed by atoms with van der Waals surface area (Å²) >= 11 is 0. The van der Waals surface area contributed by atoms with Gasteiger partial charge in [0.2, 0.25) is 0 Å². The van der Waals surface area contributed by atoms with E-state index >= 15 is 0 Å². The van der Waals surface area contributed by atoms with Crippen LogP contribution in [-0.4, -0.2) is 6.04 Å². The minimum atomic E-state index is 0.622. The number of hydrogen-bond acceptors (Lipinski definition) is 1. The van der Waals surface area contributed by atoms with E-state index in [1.807, 2.05) is 0 Å². The molecule has 1 aliphatic carbocycles. The van der Waals surface area contributed by atoms with Crippen LogP contribution in [0.25, 0.3) is 0 Å². The zero-order valence-corrected chi connectivity index (χ0v) is 12.8. The van der Waals surface area contributed by atoms with Gasteiger partial charge in [-0.15, -0.1) is 0 Å². The smallest absolute Gasteiger partial charge is 0.0342 e. The number of benzene rings is 1. The lowest BCUT2D eigenvalue weighted by Gasteiger charge is -2.18. The summed E-state index contributed by atoms with van der Waals surface area (Å²) in [7, 11) is 0. The summed E-state index contributed by atoms with van der Waals surface area (Å²) in [6.07, 6.45) is 8.25. The average molecular weight is 259 g/mol. The van der Waals surface area contributed by atoms with Crippen LogP contribution in [0.2, 0.25) is 0 Å². The van der Waals surface area contributed by atoms with Gasteiger partial charge in [0.25, 0.3) is 0 Å². The van der Waals surface area contributed by atoms with Crippen molar-refractivity contribution in [3.8, 4) is 0 Å². The lowest BCUT2D eigenvalue weighted by atomic mass is 9.98. The highest BCUT2D eigenvalue weighted by molar-refractivity contribution is 5.45. The summed E-state index contributed by atoms with van der Waals surface area (Å²) in [4.78, 5) is 0. The molecule has 1 aromatic rings. The van der Waals surface area contributed by atoms with Crippen LogP contribution in [0.4, 0.5) is 5.69 Å². The monoisotopic (exact) mass is 259 g/mol. The molecule has 0 radical (unpaired) electrons. The second-order valence-electron chi connectivity index (χ2n) is 6.40. The van der Waals surface area contributed by atoms with Crippen molar-refractivity contribution in [2.75, 3.05) is 5.32 Å². The maximum Gasteiger partial charge on any atom is 0.0342 e. The van der Waals surface area contributed by atoms with E-state index in [1.54, 1.807) is 0 Å². The molecule has 1 aliphatic rings. The minimum Gasteiger partial charge on any atom is -0.382 e. The summed E-state index contributed by atoms with van der Waals surface area (Å²) in [5.41, 5.74) is 2.72. The highest BCUT2D eigenvalue weighted by atomic mass is 14.9. The zero-order valence-electron chi connectivity index (χ0n) is 12.8. The molecule has 0 aromatic heterocycles. The maximum absolute atomic E-state index is 3.73. The zero-order chi connectivity index (χ0) is 13.7. The molecule has 2 rings (SSSR count). The van der Waals surface area contributed by atoms with Gasteiger partial charge in [-0.05, 0) is 48.8 Å². The number of nitrogens with one attached hydrogen (secondary N) is 1. The molecule has 0 bridgehead atoms. The Morgan fingerprint density at radius 1 is 1.05 bits per heavy atom. The summed E-state index contributed by atoms with van der Waals surface area (Å²) in [5.74, 6) is 1.59. The van der Waals surface area contributed by atoms with Crippen molar-refractivity contribution in [3.63, 3.8) is 0 Å². The van der Waals surface area contributed by atoms with E-state index in [9.17, 15) is 0 Å². The predicted octanol–water partition coefficient (Wildman–Crippen LogP) is 5.58. The molecule has 1 aromatic carbocycles. The van der Waals surface area contributed by atoms with Crippen LogP contribution >= 0.6 is 0 Å². The van der Waals surface area contributed by atoms with E-state index in [0.29, 0.717) is 12.0 Å². The quantitative estimate of drug-likeness (QED) is 0.696. The highest BCUT2D eigenvalue weighted by Crippen LogP contribution is 2.27. The fourth-order valence-electron chi connectivity index (χ4n) is 3.13. The lowest BCUT2D eigenvalue weighted by molar-refractivity contribution is 0.444. The first-order valence-electron chi connectivity index (χ1n) is 8.05. The molecule has 0 aliphatic heterocycles. The molecule has 0 heterocycles. The van der Waals surface area contributed by atoms with Crippen LogP contribution in [0.1, 0.15) is 70.8 Å². The van der Waals surface area contributed by atoms with Crippen molar-refractivity contribution in [1.29, 1.82) is 0 Å². The topological polar surface area (TPSA) is 12.0 Å². The fraction of sp³-hybridized carbons (Fsp3) is 0.667. The molecular formula is C18H29N. The van der Waals surface area contributed by atoms with Crippen LogP contribution in [0.15, 0.2) is 24.3 Å². The summed E-state index contributed by atoms with van der Waals surface area (Å²) in [6, 6.07) is 9.70. The molecule has 1 heteroatoms. The standard InChI is InChI=1S/C18H29N/c1-4-15-6-5-7-17(11-8-15)19-18-12-9-16(10-13-18)14(2)3/h9-10,12-15,17,19H,4-8,11H2,1-3H3. The van der Waals surface area contributed by atoms with E-state index in [1.165, 1.54) is 49.8 Å². The van der Waals surface area contributed by atoms with Crippen LogP contribution in [-0.2, 0) is 0 Å². The van der Waals surface area contributed by atoms with Crippen molar-refractivity contribution < 1.29 is 0 Å². The van der Waals surface area contributed by atoms with Crippen LogP contribution in [0, 0.1) is 5.92 Å². The van der Waals surface area contributed by atoms with Gasteiger partial charge in [-0.2, -0.15) is 0 Å². The van der Waals surface area contributed by atoms with Gasteiger partial charge >= 0.3 is 0 Å². The van der Waals surface area contributed by atoms with Gasteiger partial charge in [-0.25, -0.2) is 0 Å². The molecule has 1 saturated carbocycles. The van der Waals surface area contributed by atoms with Gasteiger partial charge in [0.15, 0.2) is 0 Å². The molecule has 2 atom stereocenters. The Balaban J connectivity index is 1.90. The van der Waals surface area contributed by atoms with Gasteiger partial charge in [0.1, 0.15) is 0 Å². The minimum absolute atomic E-state index is 0.622.